The minimum Gasteiger partial charge on any atom is -0.377 e. The van der Waals surface area contributed by atoms with E-state index < -0.39 is 11.7 Å². The van der Waals surface area contributed by atoms with Crippen LogP contribution in [0.1, 0.15) is 17.5 Å². The van der Waals surface area contributed by atoms with E-state index in [1.807, 2.05) is 6.08 Å². The van der Waals surface area contributed by atoms with Crippen LogP contribution in [-0.4, -0.2) is 13.2 Å². The fourth-order valence-electron chi connectivity index (χ4n) is 1.60. The van der Waals surface area contributed by atoms with E-state index in [1.165, 1.54) is 12.1 Å². The fraction of sp³-hybridized carbons (Fsp3) is 0.333. The summed E-state index contributed by atoms with van der Waals surface area (Å²) in [7, 11) is 0. The van der Waals surface area contributed by atoms with Crippen molar-refractivity contribution >= 4 is 6.08 Å². The summed E-state index contributed by atoms with van der Waals surface area (Å²) in [5.74, 6) is 0. The molecule has 1 nitrogen and oxygen atoms in total. The molecule has 1 aromatic carbocycles. The third-order valence-corrected chi connectivity index (χ3v) is 2.46. The Morgan fingerprint density at radius 2 is 1.81 bits per heavy atom. The summed E-state index contributed by atoms with van der Waals surface area (Å²) in [6, 6.07) is 5.16. The highest BCUT2D eigenvalue weighted by molar-refractivity contribution is 5.54. The molecule has 0 unspecified atom stereocenters. The van der Waals surface area contributed by atoms with Gasteiger partial charge in [0.25, 0.3) is 0 Å². The molecular formula is C12H11F3O. The van der Waals surface area contributed by atoms with E-state index in [2.05, 4.69) is 0 Å². The molecule has 4 heteroatoms. The van der Waals surface area contributed by atoms with Crippen molar-refractivity contribution in [1.29, 1.82) is 0 Å². The van der Waals surface area contributed by atoms with Crippen molar-refractivity contribution in [2.24, 2.45) is 0 Å². The lowest BCUT2D eigenvalue weighted by Gasteiger charge is -2.06. The zero-order valence-corrected chi connectivity index (χ0v) is 8.55. The van der Waals surface area contributed by atoms with E-state index in [9.17, 15) is 13.2 Å². The van der Waals surface area contributed by atoms with Crippen molar-refractivity contribution in [2.45, 2.75) is 12.6 Å². The molecule has 2 rings (SSSR count). The Balaban J connectivity index is 2.16. The lowest BCUT2D eigenvalue weighted by molar-refractivity contribution is -0.137. The maximum Gasteiger partial charge on any atom is 0.416 e. The minimum absolute atomic E-state index is 0.584. The van der Waals surface area contributed by atoms with Crippen LogP contribution in [0, 0.1) is 0 Å². The van der Waals surface area contributed by atoms with Gasteiger partial charge in [-0.2, -0.15) is 13.2 Å². The highest BCUT2D eigenvalue weighted by Crippen LogP contribution is 2.29. The van der Waals surface area contributed by atoms with E-state index >= 15 is 0 Å². The van der Waals surface area contributed by atoms with Gasteiger partial charge in [0.2, 0.25) is 0 Å². The van der Waals surface area contributed by atoms with Gasteiger partial charge in [-0.3, -0.25) is 0 Å². The fourth-order valence-corrected chi connectivity index (χ4v) is 1.60. The molecule has 16 heavy (non-hydrogen) atoms. The maximum absolute atomic E-state index is 12.3. The number of halogens is 3. The number of benzene rings is 1. The van der Waals surface area contributed by atoms with Crippen molar-refractivity contribution in [1.82, 2.24) is 0 Å². The van der Waals surface area contributed by atoms with Gasteiger partial charge < -0.3 is 4.74 Å². The molecule has 0 radical (unpaired) electrons. The molecule has 0 aliphatic carbocycles. The number of ether oxygens (including phenoxy) is 1. The molecule has 1 aliphatic rings. The number of hydrogen-bond donors (Lipinski definition) is 0. The first kappa shape index (κ1) is 11.2. The maximum atomic E-state index is 12.3. The van der Waals surface area contributed by atoms with Crippen LogP contribution in [0.15, 0.2) is 29.8 Å². The first-order valence-electron chi connectivity index (χ1n) is 5.00. The summed E-state index contributed by atoms with van der Waals surface area (Å²) < 4.78 is 42.0. The molecule has 1 saturated heterocycles. The second-order valence-electron chi connectivity index (χ2n) is 3.72. The number of alkyl halides is 3. The molecular weight excluding hydrogens is 217 g/mol. The van der Waals surface area contributed by atoms with Crippen LogP contribution in [0.2, 0.25) is 0 Å². The normalized spacial score (nSPS) is 19.3. The molecule has 0 spiro atoms. The zero-order chi connectivity index (χ0) is 11.6. The summed E-state index contributed by atoms with van der Waals surface area (Å²) in [5.41, 5.74) is 1.30. The molecule has 0 N–H and O–H groups in total. The van der Waals surface area contributed by atoms with Gasteiger partial charge in [0.05, 0.1) is 18.8 Å². The second-order valence-corrected chi connectivity index (χ2v) is 3.72. The van der Waals surface area contributed by atoms with Gasteiger partial charge in [-0.1, -0.05) is 18.2 Å². The molecule has 86 valence electrons. The smallest absolute Gasteiger partial charge is 0.377 e. The average molecular weight is 228 g/mol. The first-order valence-corrected chi connectivity index (χ1v) is 5.00. The van der Waals surface area contributed by atoms with E-state index in [0.717, 1.165) is 29.7 Å². The molecule has 0 aromatic heterocycles. The first-order chi connectivity index (χ1) is 7.55. The minimum atomic E-state index is -4.26. The van der Waals surface area contributed by atoms with Gasteiger partial charge in [-0.25, -0.2) is 0 Å². The molecule has 0 saturated carbocycles. The standard InChI is InChI=1S/C12H11F3O/c13-12(14,15)11-3-1-9(2-4-11)7-10-5-6-16-8-10/h1-4,7H,5-6,8H2/b10-7-. The molecule has 1 aromatic rings. The van der Waals surface area contributed by atoms with Gasteiger partial charge in [0.1, 0.15) is 0 Å². The average Bonchev–Trinajstić information content (AvgIpc) is 2.70. The monoisotopic (exact) mass is 228 g/mol. The summed E-state index contributed by atoms with van der Waals surface area (Å²) in [6.07, 6.45) is -1.52. The van der Waals surface area contributed by atoms with Crippen LogP contribution in [0.25, 0.3) is 6.08 Å². The Morgan fingerprint density at radius 1 is 1.12 bits per heavy atom. The Bertz CT molecular complexity index is 382. The molecule has 1 aliphatic heterocycles. The third-order valence-electron chi connectivity index (χ3n) is 2.46. The molecule has 1 fully saturated rings. The van der Waals surface area contributed by atoms with E-state index in [-0.39, 0.29) is 0 Å². The van der Waals surface area contributed by atoms with Gasteiger partial charge in [0, 0.05) is 0 Å². The van der Waals surface area contributed by atoms with E-state index in [4.69, 9.17) is 4.74 Å². The molecule has 0 bridgehead atoms. The van der Waals surface area contributed by atoms with Crippen molar-refractivity contribution in [2.75, 3.05) is 13.2 Å². The topological polar surface area (TPSA) is 9.23 Å². The Morgan fingerprint density at radius 3 is 2.31 bits per heavy atom. The van der Waals surface area contributed by atoms with Crippen molar-refractivity contribution in [3.8, 4) is 0 Å². The highest BCUT2D eigenvalue weighted by atomic mass is 19.4. The number of rotatable bonds is 1. The molecule has 0 amide bonds. The quantitative estimate of drug-likeness (QED) is 0.714. The predicted octanol–water partition coefficient (Wildman–Crippen LogP) is 3.51. The Kier molecular flexibility index (Phi) is 3.01. The van der Waals surface area contributed by atoms with Crippen LogP contribution in [0.4, 0.5) is 13.2 Å². The van der Waals surface area contributed by atoms with Crippen LogP contribution in [0.3, 0.4) is 0 Å². The zero-order valence-electron chi connectivity index (χ0n) is 8.55. The summed E-state index contributed by atoms with van der Waals surface area (Å²) >= 11 is 0. The van der Waals surface area contributed by atoms with Crippen LogP contribution < -0.4 is 0 Å². The largest absolute Gasteiger partial charge is 0.416 e. The van der Waals surface area contributed by atoms with Crippen LogP contribution in [0.5, 0.6) is 0 Å². The SMILES string of the molecule is FC(F)(F)c1ccc(/C=C2/CCOC2)cc1. The summed E-state index contributed by atoms with van der Waals surface area (Å²) in [6.45, 7) is 1.29. The molecule has 1 heterocycles. The van der Waals surface area contributed by atoms with Gasteiger partial charge in [-0.05, 0) is 29.7 Å². The summed E-state index contributed by atoms with van der Waals surface area (Å²) in [4.78, 5) is 0. The number of hydrogen-bond acceptors (Lipinski definition) is 1. The summed E-state index contributed by atoms with van der Waals surface area (Å²) in [5, 5.41) is 0. The van der Waals surface area contributed by atoms with Crippen LogP contribution in [-0.2, 0) is 10.9 Å². The van der Waals surface area contributed by atoms with Gasteiger partial charge >= 0.3 is 6.18 Å². The Hall–Kier alpha value is -1.29. The Labute approximate surface area is 91.5 Å². The van der Waals surface area contributed by atoms with Crippen molar-refractivity contribution < 1.29 is 17.9 Å². The van der Waals surface area contributed by atoms with Crippen LogP contribution >= 0.6 is 0 Å². The van der Waals surface area contributed by atoms with Crippen molar-refractivity contribution in [3.05, 3.63) is 41.0 Å². The molecule has 0 atom stereocenters. The van der Waals surface area contributed by atoms with Crippen molar-refractivity contribution in [3.63, 3.8) is 0 Å². The lowest BCUT2D eigenvalue weighted by atomic mass is 10.1. The van der Waals surface area contributed by atoms with Gasteiger partial charge in [0.15, 0.2) is 0 Å². The highest BCUT2D eigenvalue weighted by Gasteiger charge is 2.29. The third kappa shape index (κ3) is 2.64. The van der Waals surface area contributed by atoms with E-state index in [0.29, 0.717) is 13.2 Å². The predicted molar refractivity (Wildman–Crippen MR) is 54.9 cm³/mol. The van der Waals surface area contributed by atoms with E-state index in [1.54, 1.807) is 0 Å². The second kappa shape index (κ2) is 4.29. The lowest BCUT2D eigenvalue weighted by Crippen LogP contribution is -2.04. The van der Waals surface area contributed by atoms with Gasteiger partial charge in [-0.15, -0.1) is 0 Å².